The Morgan fingerprint density at radius 3 is 2.07 bits per heavy atom. The van der Waals surface area contributed by atoms with E-state index in [9.17, 15) is 14.4 Å². The number of Topliss-reactive ketones (excluding diaryl/α,β-unsaturated/α-hetero) is 1. The van der Waals surface area contributed by atoms with Crippen molar-refractivity contribution < 1.29 is 14.4 Å². The van der Waals surface area contributed by atoms with E-state index in [2.05, 4.69) is 5.32 Å². The molecule has 41 heavy (non-hydrogen) atoms. The van der Waals surface area contributed by atoms with E-state index in [1.807, 2.05) is 102 Å². The fourth-order valence-electron chi connectivity index (χ4n) is 6.29. The van der Waals surface area contributed by atoms with E-state index < -0.39 is 23.9 Å². The Hall–Kier alpha value is -4.07. The van der Waals surface area contributed by atoms with Crippen LogP contribution >= 0.6 is 11.3 Å². The summed E-state index contributed by atoms with van der Waals surface area (Å²) in [6, 6.07) is 28.9. The number of piperazine rings is 1. The molecule has 2 amide bonds. The predicted molar refractivity (Wildman–Crippen MR) is 161 cm³/mol. The van der Waals surface area contributed by atoms with Gasteiger partial charge < -0.3 is 15.1 Å². The largest absolute Gasteiger partial charge is 0.338 e. The summed E-state index contributed by atoms with van der Waals surface area (Å²) in [6.07, 6.45) is 0. The molecular weight excluding hydrogens is 530 g/mol. The van der Waals surface area contributed by atoms with Crippen LogP contribution in [0.25, 0.3) is 0 Å². The van der Waals surface area contributed by atoms with Gasteiger partial charge in [-0.05, 0) is 36.1 Å². The van der Waals surface area contributed by atoms with Crippen molar-refractivity contribution in [3.8, 4) is 0 Å². The minimum atomic E-state index is -0.830. The number of aryl methyl sites for hydroxylation is 1. The number of carbonyl (C=O) groups is 3. The van der Waals surface area contributed by atoms with Gasteiger partial charge in [0.2, 0.25) is 5.91 Å². The first-order valence-electron chi connectivity index (χ1n) is 14.1. The summed E-state index contributed by atoms with van der Waals surface area (Å²) in [6.45, 7) is 4.51. The molecule has 3 aromatic carbocycles. The van der Waals surface area contributed by atoms with E-state index in [-0.39, 0.29) is 17.6 Å². The van der Waals surface area contributed by atoms with Crippen molar-refractivity contribution in [3.05, 3.63) is 130 Å². The Morgan fingerprint density at radius 2 is 1.44 bits per heavy atom. The number of benzene rings is 3. The van der Waals surface area contributed by atoms with Gasteiger partial charge in [-0.3, -0.25) is 14.4 Å². The maximum absolute atomic E-state index is 14.6. The fraction of sp³-hybridized carbons (Fsp3) is 0.265. The van der Waals surface area contributed by atoms with Crippen molar-refractivity contribution in [3.63, 3.8) is 0 Å². The normalized spacial score (nSPS) is 22.5. The molecule has 2 aliphatic heterocycles. The molecule has 7 heteroatoms. The lowest BCUT2D eigenvalue weighted by atomic mass is 9.78. The van der Waals surface area contributed by atoms with Crippen LogP contribution in [0.5, 0.6) is 0 Å². The van der Waals surface area contributed by atoms with Crippen LogP contribution in [0.15, 0.2) is 102 Å². The van der Waals surface area contributed by atoms with Crippen molar-refractivity contribution in [2.24, 2.45) is 5.92 Å². The average Bonchev–Trinajstić information content (AvgIpc) is 3.68. The Balaban J connectivity index is 1.58. The molecule has 3 heterocycles. The topological polar surface area (TPSA) is 69.7 Å². The molecule has 0 aliphatic carbocycles. The zero-order chi connectivity index (χ0) is 28.3. The summed E-state index contributed by atoms with van der Waals surface area (Å²) in [5.41, 5.74) is 3.00. The van der Waals surface area contributed by atoms with Gasteiger partial charge >= 0.3 is 0 Å². The van der Waals surface area contributed by atoms with Gasteiger partial charge in [-0.1, -0.05) is 84.4 Å². The van der Waals surface area contributed by atoms with Crippen LogP contribution < -0.4 is 5.32 Å². The van der Waals surface area contributed by atoms with E-state index in [0.717, 1.165) is 16.0 Å². The molecule has 2 saturated heterocycles. The van der Waals surface area contributed by atoms with Crippen molar-refractivity contribution >= 4 is 28.9 Å². The molecule has 0 saturated carbocycles. The number of likely N-dealkylation sites (tertiary alicyclic amines) is 1. The first-order chi connectivity index (χ1) is 20.0. The number of nitrogens with one attached hydrogen (secondary N) is 1. The van der Waals surface area contributed by atoms with Crippen molar-refractivity contribution in [2.75, 3.05) is 26.2 Å². The van der Waals surface area contributed by atoms with Crippen LogP contribution in [0, 0.1) is 12.8 Å². The first kappa shape index (κ1) is 27.1. The highest BCUT2D eigenvalue weighted by molar-refractivity contribution is 7.10. The molecule has 0 radical (unpaired) electrons. The van der Waals surface area contributed by atoms with Crippen LogP contribution in [0.3, 0.4) is 0 Å². The number of thiophene rings is 1. The van der Waals surface area contributed by atoms with E-state index in [1.165, 1.54) is 0 Å². The highest BCUT2D eigenvalue weighted by Gasteiger charge is 2.58. The number of rotatable bonds is 6. The minimum Gasteiger partial charge on any atom is -0.338 e. The fourth-order valence-corrected chi connectivity index (χ4v) is 7.19. The predicted octanol–water partition coefficient (Wildman–Crippen LogP) is 5.34. The molecule has 0 bridgehead atoms. The summed E-state index contributed by atoms with van der Waals surface area (Å²) in [4.78, 5) is 48.3. The third kappa shape index (κ3) is 5.23. The third-order valence-electron chi connectivity index (χ3n) is 8.26. The molecule has 0 spiro atoms. The molecule has 2 fully saturated rings. The van der Waals surface area contributed by atoms with E-state index in [4.69, 9.17) is 0 Å². The van der Waals surface area contributed by atoms with Crippen molar-refractivity contribution in [1.82, 2.24) is 15.1 Å². The van der Waals surface area contributed by atoms with Gasteiger partial charge in [0, 0.05) is 48.1 Å². The minimum absolute atomic E-state index is 0.0567. The Labute approximate surface area is 244 Å². The van der Waals surface area contributed by atoms with Crippen LogP contribution in [-0.4, -0.2) is 59.6 Å². The van der Waals surface area contributed by atoms with Crippen LogP contribution in [0.4, 0.5) is 0 Å². The molecule has 4 atom stereocenters. The van der Waals surface area contributed by atoms with Gasteiger partial charge in [-0.2, -0.15) is 0 Å². The SMILES string of the molecule is Cc1ccc(C(=O)C2C(c3cccs3)C(C(=O)N3CCNCC3)N(C(=O)c3ccccc3)C2c2ccccc2)cc1. The Bertz CT molecular complexity index is 1500. The monoisotopic (exact) mass is 563 g/mol. The van der Waals surface area contributed by atoms with Gasteiger partial charge in [-0.15, -0.1) is 11.3 Å². The van der Waals surface area contributed by atoms with Gasteiger partial charge in [0.05, 0.1) is 12.0 Å². The first-order valence-corrected chi connectivity index (χ1v) is 15.0. The van der Waals surface area contributed by atoms with Gasteiger partial charge in [0.1, 0.15) is 6.04 Å². The highest BCUT2D eigenvalue weighted by atomic mass is 32.1. The summed E-state index contributed by atoms with van der Waals surface area (Å²) in [5, 5.41) is 5.30. The smallest absolute Gasteiger partial charge is 0.255 e. The number of nitrogens with zero attached hydrogens (tertiary/aromatic N) is 2. The number of hydrogen-bond acceptors (Lipinski definition) is 5. The Morgan fingerprint density at radius 1 is 0.780 bits per heavy atom. The molecule has 4 aromatic rings. The summed E-state index contributed by atoms with van der Waals surface area (Å²) >= 11 is 1.54. The zero-order valence-corrected chi connectivity index (χ0v) is 23.8. The maximum Gasteiger partial charge on any atom is 0.255 e. The second kappa shape index (κ2) is 11.8. The van der Waals surface area contributed by atoms with Gasteiger partial charge in [0.25, 0.3) is 5.91 Å². The van der Waals surface area contributed by atoms with Crippen molar-refractivity contribution in [1.29, 1.82) is 0 Å². The molecular formula is C34H33N3O3S. The summed E-state index contributed by atoms with van der Waals surface area (Å²) in [7, 11) is 0. The second-order valence-electron chi connectivity index (χ2n) is 10.8. The number of ketones is 1. The molecule has 208 valence electrons. The molecule has 4 unspecified atom stereocenters. The van der Waals surface area contributed by atoms with E-state index in [0.29, 0.717) is 37.3 Å². The lowest BCUT2D eigenvalue weighted by Gasteiger charge is -2.36. The molecule has 1 aromatic heterocycles. The van der Waals surface area contributed by atoms with Gasteiger partial charge in [0.15, 0.2) is 5.78 Å². The number of hydrogen-bond donors (Lipinski definition) is 1. The third-order valence-corrected chi connectivity index (χ3v) is 9.23. The standard InChI is InChI=1S/C34H33N3O3S/c1-23-14-16-25(17-15-23)32(38)29-28(27-13-8-22-41-27)31(34(40)36-20-18-35-19-21-36)37(30(29)24-9-4-2-5-10-24)33(39)26-11-6-3-7-12-26/h2-17,22,28-31,35H,18-21H2,1H3. The summed E-state index contributed by atoms with van der Waals surface area (Å²) in [5.74, 6) is -1.55. The molecule has 1 N–H and O–H groups in total. The van der Waals surface area contributed by atoms with Crippen LogP contribution in [0.2, 0.25) is 0 Å². The van der Waals surface area contributed by atoms with Gasteiger partial charge in [-0.25, -0.2) is 0 Å². The molecule has 6 nitrogen and oxygen atoms in total. The zero-order valence-electron chi connectivity index (χ0n) is 23.0. The van der Waals surface area contributed by atoms with Crippen LogP contribution in [-0.2, 0) is 4.79 Å². The lowest BCUT2D eigenvalue weighted by molar-refractivity contribution is -0.136. The number of carbonyl (C=O) groups excluding carboxylic acids is 3. The summed E-state index contributed by atoms with van der Waals surface area (Å²) < 4.78 is 0. The highest BCUT2D eigenvalue weighted by Crippen LogP contribution is 2.53. The average molecular weight is 564 g/mol. The number of amides is 2. The second-order valence-corrected chi connectivity index (χ2v) is 11.7. The quantitative estimate of drug-likeness (QED) is 0.322. The van der Waals surface area contributed by atoms with Crippen molar-refractivity contribution in [2.45, 2.75) is 24.9 Å². The van der Waals surface area contributed by atoms with E-state index in [1.54, 1.807) is 28.4 Å². The molecule has 2 aliphatic rings. The molecule has 6 rings (SSSR count). The van der Waals surface area contributed by atoms with E-state index >= 15 is 0 Å². The maximum atomic E-state index is 14.6. The lowest BCUT2D eigenvalue weighted by Crippen LogP contribution is -2.54. The Kier molecular flexibility index (Phi) is 7.81. The van der Waals surface area contributed by atoms with Crippen LogP contribution in [0.1, 0.15) is 48.7 Å².